The van der Waals surface area contributed by atoms with Crippen molar-refractivity contribution in [2.45, 2.75) is 73.9 Å². The molecule has 6 fully saturated rings. The number of likely N-dealkylation sites (tertiary alicyclic amines) is 1. The van der Waals surface area contributed by atoms with Gasteiger partial charge in [-0.2, -0.15) is 0 Å². The van der Waals surface area contributed by atoms with Gasteiger partial charge in [-0.1, -0.05) is 6.92 Å². The Bertz CT molecular complexity index is 1280. The summed E-state index contributed by atoms with van der Waals surface area (Å²) in [5.41, 5.74) is -3.92. The molecule has 7 bridgehead atoms. The number of carbonyl (C=O) groups is 1. The first-order valence-corrected chi connectivity index (χ1v) is 15.9. The number of hydrogen-bond donors (Lipinski definition) is 3. The summed E-state index contributed by atoms with van der Waals surface area (Å²) < 4.78 is 36.2. The number of esters is 1. The lowest BCUT2D eigenvalue weighted by Crippen LogP contribution is -2.79. The summed E-state index contributed by atoms with van der Waals surface area (Å²) in [4.78, 5) is 16.1. The third kappa shape index (κ3) is 3.48. The molecule has 11 nitrogen and oxygen atoms in total. The normalized spacial score (nSPS) is 50.0. The number of methoxy groups -OCH3 is 5. The Kier molecular flexibility index (Phi) is 7.24. The number of carbonyl (C=O) groups excluding carboxylic acids is 1. The van der Waals surface area contributed by atoms with Crippen molar-refractivity contribution in [1.82, 2.24) is 4.90 Å². The predicted octanol–water partition coefficient (Wildman–Crippen LogP) is 1.12. The molecule has 244 valence electrons. The molecule has 1 spiro atoms. The van der Waals surface area contributed by atoms with Crippen LogP contribution in [0.4, 0.5) is 0 Å². The molecule has 5 aliphatic carbocycles. The molecule has 44 heavy (non-hydrogen) atoms. The number of rotatable bonds is 9. The van der Waals surface area contributed by atoms with E-state index in [-0.39, 0.29) is 36.8 Å². The van der Waals surface area contributed by atoms with Crippen molar-refractivity contribution in [3.63, 3.8) is 0 Å². The summed E-state index contributed by atoms with van der Waals surface area (Å²) in [6.45, 7) is 3.73. The predicted molar refractivity (Wildman–Crippen MR) is 156 cm³/mol. The molecule has 7 rings (SSSR count). The fourth-order valence-corrected chi connectivity index (χ4v) is 12.0. The van der Waals surface area contributed by atoms with Gasteiger partial charge in [0.25, 0.3) is 0 Å². The molecule has 1 aromatic carbocycles. The third-order valence-corrected chi connectivity index (χ3v) is 13.1. The molecular weight excluding hydrogens is 570 g/mol. The van der Waals surface area contributed by atoms with E-state index in [4.69, 9.17) is 28.4 Å². The average Bonchev–Trinajstić information content (AvgIpc) is 3.41. The largest absolute Gasteiger partial charge is 0.497 e. The van der Waals surface area contributed by atoms with E-state index in [9.17, 15) is 20.1 Å². The maximum absolute atomic E-state index is 13.7. The molecule has 2 unspecified atom stereocenters. The summed E-state index contributed by atoms with van der Waals surface area (Å²) in [6.07, 6.45) is -2.51. The van der Waals surface area contributed by atoms with Crippen LogP contribution in [0.5, 0.6) is 5.75 Å². The highest BCUT2D eigenvalue weighted by molar-refractivity contribution is 5.89. The van der Waals surface area contributed by atoms with E-state index in [2.05, 4.69) is 11.8 Å². The Morgan fingerprint density at radius 3 is 2.25 bits per heavy atom. The first kappa shape index (κ1) is 30.8. The molecule has 5 saturated carbocycles. The van der Waals surface area contributed by atoms with E-state index in [1.165, 1.54) is 7.11 Å². The van der Waals surface area contributed by atoms with Crippen LogP contribution in [0.3, 0.4) is 0 Å². The van der Waals surface area contributed by atoms with Gasteiger partial charge in [-0.15, -0.1) is 0 Å². The van der Waals surface area contributed by atoms with E-state index in [1.807, 2.05) is 0 Å². The molecule has 1 aromatic rings. The molecule has 1 saturated heterocycles. The highest BCUT2D eigenvalue weighted by Gasteiger charge is 2.89. The Labute approximate surface area is 258 Å². The zero-order valence-electron chi connectivity index (χ0n) is 26.5. The number of aliphatic hydroxyl groups excluding tert-OH is 1. The Morgan fingerprint density at radius 1 is 0.955 bits per heavy atom. The summed E-state index contributed by atoms with van der Waals surface area (Å²) in [5.74, 6) is -1.54. The van der Waals surface area contributed by atoms with E-state index >= 15 is 0 Å². The van der Waals surface area contributed by atoms with Gasteiger partial charge in [-0.25, -0.2) is 4.79 Å². The van der Waals surface area contributed by atoms with Crippen LogP contribution >= 0.6 is 0 Å². The van der Waals surface area contributed by atoms with Crippen molar-refractivity contribution in [3.8, 4) is 5.75 Å². The fraction of sp³-hybridized carbons (Fsp3) is 0.788. The van der Waals surface area contributed by atoms with Gasteiger partial charge in [0.1, 0.15) is 17.5 Å². The number of aliphatic hydroxyl groups is 3. The molecule has 6 aliphatic rings. The van der Waals surface area contributed by atoms with Crippen molar-refractivity contribution in [2.75, 3.05) is 55.2 Å². The quantitative estimate of drug-likeness (QED) is 0.344. The van der Waals surface area contributed by atoms with Crippen molar-refractivity contribution in [3.05, 3.63) is 29.8 Å². The lowest BCUT2D eigenvalue weighted by molar-refractivity contribution is -0.298. The molecule has 0 aromatic heterocycles. The van der Waals surface area contributed by atoms with Crippen LogP contribution < -0.4 is 4.74 Å². The van der Waals surface area contributed by atoms with Crippen molar-refractivity contribution >= 4 is 5.97 Å². The topological polar surface area (TPSA) is 136 Å². The maximum atomic E-state index is 13.7. The Hall–Kier alpha value is -1.83. The zero-order valence-corrected chi connectivity index (χ0v) is 26.5. The number of piperidine rings is 1. The van der Waals surface area contributed by atoms with Gasteiger partial charge < -0.3 is 43.7 Å². The van der Waals surface area contributed by atoms with Crippen LogP contribution in [-0.2, 0) is 23.7 Å². The lowest BCUT2D eigenvalue weighted by atomic mass is 9.42. The van der Waals surface area contributed by atoms with Crippen molar-refractivity contribution in [2.24, 2.45) is 34.5 Å². The summed E-state index contributed by atoms with van der Waals surface area (Å²) >= 11 is 0. The monoisotopic (exact) mass is 617 g/mol. The minimum Gasteiger partial charge on any atom is -0.497 e. The van der Waals surface area contributed by atoms with E-state index in [0.29, 0.717) is 37.4 Å². The van der Waals surface area contributed by atoms with Crippen molar-refractivity contribution in [1.29, 1.82) is 0 Å². The summed E-state index contributed by atoms with van der Waals surface area (Å²) in [7, 11) is 8.13. The van der Waals surface area contributed by atoms with Gasteiger partial charge in [-0.05, 0) is 43.1 Å². The standard InChI is InChI=1S/C33H47NO10/c1-7-34-15-30(16-39-2)20(35)12-21(41-4)33-19-13-31(37)22(42-5)14-32(38,24(27(33)34)25(43-6)26(30)33)23(19)28(31)44-29(36)17-8-10-18(40-3)11-9-17/h8-11,19-28,35,37-38H,7,12-16H2,1-6H3/t19-,20?,21+,22+,23-,24+,25+,26-,27-,28?,30+,31-,32-,33+/m1/s1. The molecule has 11 heteroatoms. The second kappa shape index (κ2) is 10.3. The molecule has 1 heterocycles. The maximum Gasteiger partial charge on any atom is 0.338 e. The van der Waals surface area contributed by atoms with Gasteiger partial charge in [0.15, 0.2) is 0 Å². The molecule has 0 amide bonds. The fourth-order valence-electron chi connectivity index (χ4n) is 12.0. The minimum absolute atomic E-state index is 0.146. The molecule has 3 N–H and O–H groups in total. The third-order valence-electron chi connectivity index (χ3n) is 13.1. The Morgan fingerprint density at radius 2 is 1.66 bits per heavy atom. The number of nitrogens with zero attached hydrogens (tertiary/aromatic N) is 1. The molecule has 0 radical (unpaired) electrons. The van der Waals surface area contributed by atoms with Crippen LogP contribution in [0.25, 0.3) is 0 Å². The molecule has 14 atom stereocenters. The lowest BCUT2D eigenvalue weighted by Gasteiger charge is -2.70. The summed E-state index contributed by atoms with van der Waals surface area (Å²) in [6, 6.07) is 6.50. The van der Waals surface area contributed by atoms with Gasteiger partial charge in [0, 0.05) is 82.5 Å². The zero-order chi connectivity index (χ0) is 31.4. The van der Waals surface area contributed by atoms with E-state index in [1.54, 1.807) is 52.7 Å². The van der Waals surface area contributed by atoms with Crippen LogP contribution in [0, 0.1) is 34.5 Å². The highest BCUT2D eigenvalue weighted by atomic mass is 16.6. The first-order valence-electron chi connectivity index (χ1n) is 15.9. The smallest absolute Gasteiger partial charge is 0.338 e. The number of benzene rings is 1. The summed E-state index contributed by atoms with van der Waals surface area (Å²) in [5, 5.41) is 37.7. The second-order valence-corrected chi connectivity index (χ2v) is 14.2. The van der Waals surface area contributed by atoms with Gasteiger partial charge >= 0.3 is 5.97 Å². The Balaban J connectivity index is 1.42. The van der Waals surface area contributed by atoms with Crippen LogP contribution in [-0.4, -0.2) is 129 Å². The minimum atomic E-state index is -1.54. The van der Waals surface area contributed by atoms with Crippen LogP contribution in [0.2, 0.25) is 0 Å². The van der Waals surface area contributed by atoms with Crippen LogP contribution in [0.15, 0.2) is 24.3 Å². The second-order valence-electron chi connectivity index (χ2n) is 14.2. The van der Waals surface area contributed by atoms with Gasteiger partial charge in [0.2, 0.25) is 0 Å². The highest BCUT2D eigenvalue weighted by Crippen LogP contribution is 2.80. The van der Waals surface area contributed by atoms with Gasteiger partial charge in [-0.3, -0.25) is 4.90 Å². The SMILES string of the molecule is CCN1C[C@]2(COC)C(O)C[C@H](OC)[C@@]34[C@@H]5C[C@]6(O)C(OC(=O)c7ccc(OC)cc7)[C@@H]5[C@](O)(C[C@@H]6OC)[C@@H]([C@H](OC)[C@H]23)[C@@H]14. The number of ether oxygens (including phenoxy) is 6. The molecular formula is C33H47NO10. The van der Waals surface area contributed by atoms with Crippen LogP contribution in [0.1, 0.15) is 36.5 Å². The van der Waals surface area contributed by atoms with Crippen molar-refractivity contribution < 1.29 is 48.5 Å². The first-order chi connectivity index (χ1) is 21.1. The number of hydrogen-bond acceptors (Lipinski definition) is 11. The van der Waals surface area contributed by atoms with Gasteiger partial charge in [0.05, 0.1) is 49.3 Å². The number of fused-ring (bicyclic) bond motifs is 2. The van der Waals surface area contributed by atoms with E-state index < -0.39 is 64.3 Å². The average molecular weight is 618 g/mol. The van der Waals surface area contributed by atoms with E-state index in [0.717, 1.165) is 0 Å². The molecule has 1 aliphatic heterocycles.